The first-order valence-electron chi connectivity index (χ1n) is 7.04. The summed E-state index contributed by atoms with van der Waals surface area (Å²) in [4.78, 5) is 2.29. The summed E-state index contributed by atoms with van der Waals surface area (Å²) in [6.45, 7) is 4.12. The number of nitrogens with zero attached hydrogens (tertiary/aromatic N) is 1. The Hall–Kier alpha value is -1.94. The maximum atomic E-state index is 6.01. The van der Waals surface area contributed by atoms with Crippen LogP contribution in [-0.4, -0.2) is 19.7 Å². The summed E-state index contributed by atoms with van der Waals surface area (Å²) in [5.74, 6) is 2.76. The highest BCUT2D eigenvalue weighted by Crippen LogP contribution is 2.36. The number of ether oxygens (including phenoxy) is 1. The third-order valence-electron chi connectivity index (χ3n) is 3.66. The molecule has 0 radical (unpaired) electrons. The highest BCUT2D eigenvalue weighted by Gasteiger charge is 2.26. The molecule has 0 aliphatic carbocycles. The van der Waals surface area contributed by atoms with E-state index in [2.05, 4.69) is 11.0 Å². The largest absolute Gasteiger partial charge is 0.491 e. The van der Waals surface area contributed by atoms with Gasteiger partial charge in [0.1, 0.15) is 17.3 Å². The number of para-hydroxylation sites is 2. The summed E-state index contributed by atoms with van der Waals surface area (Å²) in [5.41, 5.74) is 7.10. The molecule has 0 saturated carbocycles. The molecule has 0 saturated heterocycles. The first-order chi connectivity index (χ1) is 9.79. The van der Waals surface area contributed by atoms with Crippen LogP contribution in [0, 0.1) is 6.92 Å². The van der Waals surface area contributed by atoms with Gasteiger partial charge in [0, 0.05) is 13.1 Å². The van der Waals surface area contributed by atoms with Crippen molar-refractivity contribution in [2.24, 2.45) is 5.73 Å². The van der Waals surface area contributed by atoms with E-state index in [9.17, 15) is 0 Å². The van der Waals surface area contributed by atoms with Gasteiger partial charge in [-0.25, -0.2) is 0 Å². The average molecular weight is 272 g/mol. The normalized spacial score (nSPS) is 16.2. The van der Waals surface area contributed by atoms with Gasteiger partial charge in [-0.1, -0.05) is 12.1 Å². The van der Waals surface area contributed by atoms with Crippen LogP contribution in [0.1, 0.15) is 24.0 Å². The molecule has 1 unspecified atom stereocenters. The molecule has 0 spiro atoms. The predicted molar refractivity (Wildman–Crippen MR) is 79.1 cm³/mol. The van der Waals surface area contributed by atoms with Crippen molar-refractivity contribution in [3.63, 3.8) is 0 Å². The van der Waals surface area contributed by atoms with Gasteiger partial charge >= 0.3 is 0 Å². The van der Waals surface area contributed by atoms with Crippen molar-refractivity contribution in [3.05, 3.63) is 47.9 Å². The highest BCUT2D eigenvalue weighted by molar-refractivity contribution is 5.60. The summed E-state index contributed by atoms with van der Waals surface area (Å²) in [7, 11) is 0. The molecule has 0 bridgehead atoms. The van der Waals surface area contributed by atoms with Crippen LogP contribution in [0.15, 0.2) is 40.8 Å². The lowest BCUT2D eigenvalue weighted by Gasteiger charge is -2.31. The molecule has 20 heavy (non-hydrogen) atoms. The monoisotopic (exact) mass is 272 g/mol. The van der Waals surface area contributed by atoms with Crippen molar-refractivity contribution in [1.29, 1.82) is 0 Å². The van der Waals surface area contributed by atoms with Gasteiger partial charge in [-0.15, -0.1) is 0 Å². The SMILES string of the molecule is Cc1ccc(C(CN)N2CCCOc3ccccc32)o1. The van der Waals surface area contributed by atoms with Crippen LogP contribution < -0.4 is 15.4 Å². The molecule has 1 aliphatic rings. The van der Waals surface area contributed by atoms with Gasteiger partial charge in [-0.3, -0.25) is 0 Å². The Kier molecular flexibility index (Phi) is 3.65. The molecule has 1 aromatic carbocycles. The van der Waals surface area contributed by atoms with E-state index >= 15 is 0 Å². The summed E-state index contributed by atoms with van der Waals surface area (Å²) in [6, 6.07) is 12.2. The Labute approximate surface area is 119 Å². The van der Waals surface area contributed by atoms with Gasteiger partial charge < -0.3 is 19.8 Å². The molecule has 2 N–H and O–H groups in total. The van der Waals surface area contributed by atoms with Crippen LogP contribution in [-0.2, 0) is 0 Å². The van der Waals surface area contributed by atoms with Crippen LogP contribution >= 0.6 is 0 Å². The van der Waals surface area contributed by atoms with Crippen LogP contribution in [0.4, 0.5) is 5.69 Å². The number of nitrogens with two attached hydrogens (primary N) is 1. The summed E-state index contributed by atoms with van der Waals surface area (Å²) in [6.07, 6.45) is 0.977. The standard InChI is InChI=1S/C16H20N2O2/c1-12-7-8-16(20-12)14(11-17)18-9-4-10-19-15-6-3-2-5-13(15)18/h2-3,5-8,14H,4,9-11,17H2,1H3. The Bertz CT molecular complexity index is 579. The maximum absolute atomic E-state index is 6.01. The van der Waals surface area contributed by atoms with E-state index < -0.39 is 0 Å². The molecule has 0 amide bonds. The van der Waals surface area contributed by atoms with E-state index in [0.29, 0.717) is 6.54 Å². The van der Waals surface area contributed by atoms with Crippen molar-refractivity contribution in [3.8, 4) is 5.75 Å². The molecule has 2 aromatic rings. The van der Waals surface area contributed by atoms with E-state index in [4.69, 9.17) is 14.9 Å². The summed E-state index contributed by atoms with van der Waals surface area (Å²) in [5, 5.41) is 0. The number of benzene rings is 1. The number of fused-ring (bicyclic) bond motifs is 1. The van der Waals surface area contributed by atoms with Crippen molar-refractivity contribution in [2.75, 3.05) is 24.6 Å². The van der Waals surface area contributed by atoms with Gasteiger partial charge in [0.15, 0.2) is 0 Å². The smallest absolute Gasteiger partial charge is 0.142 e. The van der Waals surface area contributed by atoms with Crippen LogP contribution in [0.2, 0.25) is 0 Å². The molecule has 4 heteroatoms. The summed E-state index contributed by atoms with van der Waals surface area (Å²) < 4.78 is 11.6. The quantitative estimate of drug-likeness (QED) is 0.933. The van der Waals surface area contributed by atoms with Crippen molar-refractivity contribution < 1.29 is 9.15 Å². The molecule has 1 aromatic heterocycles. The second-order valence-electron chi connectivity index (χ2n) is 5.06. The Morgan fingerprint density at radius 3 is 2.85 bits per heavy atom. The topological polar surface area (TPSA) is 51.6 Å². The predicted octanol–water partition coefficient (Wildman–Crippen LogP) is 2.88. The molecule has 1 aliphatic heterocycles. The molecule has 0 fully saturated rings. The molecule has 3 rings (SSSR count). The number of hydrogen-bond donors (Lipinski definition) is 1. The fraction of sp³-hybridized carbons (Fsp3) is 0.375. The second-order valence-corrected chi connectivity index (χ2v) is 5.06. The lowest BCUT2D eigenvalue weighted by atomic mass is 10.1. The van der Waals surface area contributed by atoms with E-state index in [-0.39, 0.29) is 6.04 Å². The highest BCUT2D eigenvalue weighted by atomic mass is 16.5. The van der Waals surface area contributed by atoms with Gasteiger partial charge in [-0.05, 0) is 37.6 Å². The Balaban J connectivity index is 1.99. The van der Waals surface area contributed by atoms with E-state index in [1.54, 1.807) is 0 Å². The summed E-state index contributed by atoms with van der Waals surface area (Å²) >= 11 is 0. The number of rotatable bonds is 3. The molecular formula is C16H20N2O2. The second kappa shape index (κ2) is 5.59. The molecular weight excluding hydrogens is 252 g/mol. The third kappa shape index (κ3) is 2.39. The van der Waals surface area contributed by atoms with Gasteiger partial charge in [-0.2, -0.15) is 0 Å². The maximum Gasteiger partial charge on any atom is 0.142 e. The Morgan fingerprint density at radius 1 is 1.25 bits per heavy atom. The van der Waals surface area contributed by atoms with Crippen LogP contribution in [0.25, 0.3) is 0 Å². The fourth-order valence-corrected chi connectivity index (χ4v) is 2.71. The first-order valence-corrected chi connectivity index (χ1v) is 7.04. The van der Waals surface area contributed by atoms with Gasteiger partial charge in [0.2, 0.25) is 0 Å². The lowest BCUT2D eigenvalue weighted by Crippen LogP contribution is -2.34. The van der Waals surface area contributed by atoms with Crippen molar-refractivity contribution in [2.45, 2.75) is 19.4 Å². The molecule has 106 valence electrons. The number of aryl methyl sites for hydroxylation is 1. The Morgan fingerprint density at radius 2 is 2.10 bits per heavy atom. The van der Waals surface area contributed by atoms with E-state index in [0.717, 1.165) is 42.5 Å². The van der Waals surface area contributed by atoms with Gasteiger partial charge in [0.05, 0.1) is 18.3 Å². The minimum atomic E-state index is 0.0477. The zero-order valence-electron chi connectivity index (χ0n) is 11.7. The number of anilines is 1. The number of hydrogen-bond acceptors (Lipinski definition) is 4. The third-order valence-corrected chi connectivity index (χ3v) is 3.66. The first kappa shape index (κ1) is 13.1. The van der Waals surface area contributed by atoms with Gasteiger partial charge in [0.25, 0.3) is 0 Å². The number of furan rings is 1. The molecule has 4 nitrogen and oxygen atoms in total. The fourth-order valence-electron chi connectivity index (χ4n) is 2.71. The minimum Gasteiger partial charge on any atom is -0.491 e. The minimum absolute atomic E-state index is 0.0477. The molecule has 2 heterocycles. The lowest BCUT2D eigenvalue weighted by molar-refractivity contribution is 0.322. The van der Waals surface area contributed by atoms with Crippen LogP contribution in [0.5, 0.6) is 5.75 Å². The van der Waals surface area contributed by atoms with Crippen molar-refractivity contribution >= 4 is 5.69 Å². The van der Waals surface area contributed by atoms with Crippen molar-refractivity contribution in [1.82, 2.24) is 0 Å². The molecule has 1 atom stereocenters. The zero-order valence-corrected chi connectivity index (χ0v) is 11.7. The van der Waals surface area contributed by atoms with E-state index in [1.807, 2.05) is 37.3 Å². The average Bonchev–Trinajstić information content (AvgIpc) is 2.78. The zero-order chi connectivity index (χ0) is 13.9. The van der Waals surface area contributed by atoms with Crippen LogP contribution in [0.3, 0.4) is 0 Å². The van der Waals surface area contributed by atoms with E-state index in [1.165, 1.54) is 0 Å².